The van der Waals surface area contributed by atoms with Gasteiger partial charge < -0.3 is 15.5 Å². The number of amides is 1. The molecule has 1 fully saturated rings. The van der Waals surface area contributed by atoms with Gasteiger partial charge in [0.1, 0.15) is 0 Å². The Kier molecular flexibility index (Phi) is 5.90. The molecule has 0 radical (unpaired) electrons. The van der Waals surface area contributed by atoms with E-state index in [-0.39, 0.29) is 11.9 Å². The Bertz CT molecular complexity index is 438. The first-order chi connectivity index (χ1) is 10.2. The third-order valence-electron chi connectivity index (χ3n) is 3.92. The van der Waals surface area contributed by atoms with Crippen LogP contribution in [0.15, 0.2) is 24.3 Å². The summed E-state index contributed by atoms with van der Waals surface area (Å²) >= 11 is 0. The number of nitrogens with one attached hydrogen (secondary N) is 2. The van der Waals surface area contributed by atoms with E-state index < -0.39 is 0 Å². The molecule has 1 amide bonds. The summed E-state index contributed by atoms with van der Waals surface area (Å²) < 4.78 is 0. The zero-order valence-electron chi connectivity index (χ0n) is 13.2. The second-order valence-corrected chi connectivity index (χ2v) is 5.85. The molecule has 4 nitrogen and oxygen atoms in total. The summed E-state index contributed by atoms with van der Waals surface area (Å²) in [4.78, 5) is 14.2. The number of rotatable bonds is 7. The molecule has 1 saturated heterocycles. The Hall–Kier alpha value is -1.71. The van der Waals surface area contributed by atoms with Gasteiger partial charge in [-0.15, -0.1) is 0 Å². The summed E-state index contributed by atoms with van der Waals surface area (Å²) in [6, 6.07) is 8.62. The number of carbonyl (C=O) groups excluding carboxylic acids is 1. The molecule has 1 aromatic rings. The van der Waals surface area contributed by atoms with Gasteiger partial charge in [0.15, 0.2) is 0 Å². The highest BCUT2D eigenvalue weighted by Gasteiger charge is 2.12. The van der Waals surface area contributed by atoms with Crippen molar-refractivity contribution in [1.29, 1.82) is 0 Å². The fraction of sp³-hybridized carbons (Fsp3) is 0.588. The topological polar surface area (TPSA) is 44.4 Å². The molecule has 116 valence electrons. The molecular weight excluding hydrogens is 262 g/mol. The Balaban J connectivity index is 1.76. The van der Waals surface area contributed by atoms with Crippen molar-refractivity contribution in [2.75, 3.05) is 29.9 Å². The molecule has 1 aliphatic rings. The van der Waals surface area contributed by atoms with Crippen LogP contribution in [0.1, 0.15) is 39.5 Å². The molecule has 4 heteroatoms. The highest BCUT2D eigenvalue weighted by atomic mass is 16.1. The quantitative estimate of drug-likeness (QED) is 0.811. The first kappa shape index (κ1) is 15.7. The summed E-state index contributed by atoms with van der Waals surface area (Å²) in [5.74, 6) is 0.0552. The van der Waals surface area contributed by atoms with E-state index in [9.17, 15) is 4.79 Å². The van der Waals surface area contributed by atoms with Crippen LogP contribution < -0.4 is 15.5 Å². The Labute approximate surface area is 127 Å². The van der Waals surface area contributed by atoms with Crippen LogP contribution in [0, 0.1) is 0 Å². The molecule has 1 unspecified atom stereocenters. The van der Waals surface area contributed by atoms with Crippen LogP contribution in [0.4, 0.5) is 11.4 Å². The van der Waals surface area contributed by atoms with Crippen molar-refractivity contribution in [1.82, 2.24) is 5.32 Å². The van der Waals surface area contributed by atoms with Crippen molar-refractivity contribution in [2.24, 2.45) is 0 Å². The molecule has 0 aromatic heterocycles. The van der Waals surface area contributed by atoms with Gasteiger partial charge in [-0.25, -0.2) is 0 Å². The van der Waals surface area contributed by atoms with Crippen LogP contribution in [-0.2, 0) is 4.79 Å². The monoisotopic (exact) mass is 289 g/mol. The minimum absolute atomic E-state index is 0.0552. The van der Waals surface area contributed by atoms with Gasteiger partial charge in [0.05, 0.1) is 6.54 Å². The van der Waals surface area contributed by atoms with E-state index in [4.69, 9.17) is 0 Å². The highest BCUT2D eigenvalue weighted by molar-refractivity contribution is 5.81. The van der Waals surface area contributed by atoms with Crippen LogP contribution in [-0.4, -0.2) is 31.6 Å². The number of hydrogen-bond donors (Lipinski definition) is 2. The SMILES string of the molecule is CCCC(C)NC(=O)CNc1ccc(N2CCCC2)cc1. The first-order valence-electron chi connectivity index (χ1n) is 8.07. The van der Waals surface area contributed by atoms with Crippen molar-refractivity contribution in [3.05, 3.63) is 24.3 Å². The van der Waals surface area contributed by atoms with Gasteiger partial charge in [-0.05, 0) is 50.5 Å². The second kappa shape index (κ2) is 7.91. The minimum atomic E-state index is 0.0552. The van der Waals surface area contributed by atoms with Gasteiger partial charge >= 0.3 is 0 Å². The standard InChI is InChI=1S/C17H27N3O/c1-3-6-14(2)19-17(21)13-18-15-7-9-16(10-8-15)20-11-4-5-12-20/h7-10,14,18H,3-6,11-13H2,1-2H3,(H,19,21). The molecule has 2 rings (SSSR count). The maximum Gasteiger partial charge on any atom is 0.239 e. The number of benzene rings is 1. The van der Waals surface area contributed by atoms with E-state index in [1.165, 1.54) is 18.5 Å². The van der Waals surface area contributed by atoms with Crippen molar-refractivity contribution in [3.63, 3.8) is 0 Å². The minimum Gasteiger partial charge on any atom is -0.376 e. The summed E-state index contributed by atoms with van der Waals surface area (Å²) in [5, 5.41) is 6.18. The third-order valence-corrected chi connectivity index (χ3v) is 3.92. The maximum atomic E-state index is 11.8. The van der Waals surface area contributed by atoms with Crippen LogP contribution in [0.5, 0.6) is 0 Å². The van der Waals surface area contributed by atoms with Gasteiger partial charge in [0, 0.05) is 30.5 Å². The normalized spacial score (nSPS) is 15.8. The number of carbonyl (C=O) groups is 1. The largest absolute Gasteiger partial charge is 0.376 e. The van der Waals surface area contributed by atoms with Crippen molar-refractivity contribution in [2.45, 2.75) is 45.6 Å². The van der Waals surface area contributed by atoms with Gasteiger partial charge in [-0.2, -0.15) is 0 Å². The molecule has 2 N–H and O–H groups in total. The zero-order chi connectivity index (χ0) is 15.1. The molecule has 0 saturated carbocycles. The van der Waals surface area contributed by atoms with Gasteiger partial charge in [-0.3, -0.25) is 4.79 Å². The fourth-order valence-electron chi connectivity index (χ4n) is 2.78. The molecule has 0 spiro atoms. The van der Waals surface area contributed by atoms with Crippen LogP contribution in [0.3, 0.4) is 0 Å². The van der Waals surface area contributed by atoms with Crippen LogP contribution in [0.25, 0.3) is 0 Å². The third kappa shape index (κ3) is 4.96. The molecular formula is C17H27N3O. The maximum absolute atomic E-state index is 11.8. The lowest BCUT2D eigenvalue weighted by molar-refractivity contribution is -0.120. The van der Waals surface area contributed by atoms with E-state index in [0.717, 1.165) is 31.6 Å². The first-order valence-corrected chi connectivity index (χ1v) is 8.07. The molecule has 1 aromatic carbocycles. The Morgan fingerprint density at radius 1 is 1.24 bits per heavy atom. The van der Waals surface area contributed by atoms with E-state index in [1.807, 2.05) is 6.92 Å². The molecule has 1 atom stereocenters. The Morgan fingerprint density at radius 2 is 1.90 bits per heavy atom. The average molecular weight is 289 g/mol. The zero-order valence-corrected chi connectivity index (χ0v) is 13.2. The van der Waals surface area contributed by atoms with E-state index in [2.05, 4.69) is 46.7 Å². The number of anilines is 2. The number of hydrogen-bond acceptors (Lipinski definition) is 3. The highest BCUT2D eigenvalue weighted by Crippen LogP contribution is 2.21. The van der Waals surface area contributed by atoms with Crippen LogP contribution in [0.2, 0.25) is 0 Å². The second-order valence-electron chi connectivity index (χ2n) is 5.85. The summed E-state index contributed by atoms with van der Waals surface area (Å²) in [7, 11) is 0. The van der Waals surface area contributed by atoms with E-state index in [0.29, 0.717) is 6.54 Å². The van der Waals surface area contributed by atoms with E-state index >= 15 is 0 Å². The van der Waals surface area contributed by atoms with Crippen molar-refractivity contribution >= 4 is 17.3 Å². The lowest BCUT2D eigenvalue weighted by atomic mass is 10.2. The van der Waals surface area contributed by atoms with Crippen molar-refractivity contribution in [3.8, 4) is 0 Å². The Morgan fingerprint density at radius 3 is 2.52 bits per heavy atom. The predicted molar refractivity (Wildman–Crippen MR) is 88.9 cm³/mol. The summed E-state index contributed by atoms with van der Waals surface area (Å²) in [5.41, 5.74) is 2.27. The molecule has 21 heavy (non-hydrogen) atoms. The number of nitrogens with zero attached hydrogens (tertiary/aromatic N) is 1. The average Bonchev–Trinajstić information content (AvgIpc) is 3.00. The summed E-state index contributed by atoms with van der Waals surface area (Å²) in [6.07, 6.45) is 4.69. The lowest BCUT2D eigenvalue weighted by Gasteiger charge is -2.18. The van der Waals surface area contributed by atoms with Crippen LogP contribution >= 0.6 is 0 Å². The van der Waals surface area contributed by atoms with Gasteiger partial charge in [0.2, 0.25) is 5.91 Å². The molecule has 0 bridgehead atoms. The molecule has 1 aliphatic heterocycles. The lowest BCUT2D eigenvalue weighted by Crippen LogP contribution is -2.36. The van der Waals surface area contributed by atoms with Gasteiger partial charge in [0.25, 0.3) is 0 Å². The molecule has 1 heterocycles. The fourth-order valence-corrected chi connectivity index (χ4v) is 2.78. The van der Waals surface area contributed by atoms with E-state index in [1.54, 1.807) is 0 Å². The smallest absolute Gasteiger partial charge is 0.239 e. The predicted octanol–water partition coefficient (Wildman–Crippen LogP) is 3.00. The summed E-state index contributed by atoms with van der Waals surface area (Å²) in [6.45, 7) is 6.82. The van der Waals surface area contributed by atoms with Gasteiger partial charge in [-0.1, -0.05) is 13.3 Å². The molecule has 0 aliphatic carbocycles. The van der Waals surface area contributed by atoms with Crippen molar-refractivity contribution < 1.29 is 4.79 Å².